The maximum Gasteiger partial charge on any atom is 0.136 e. The monoisotopic (exact) mass is 236 g/mol. The Kier molecular flexibility index (Phi) is 3.78. The minimum Gasteiger partial charge on any atom is -0.383 e. The van der Waals surface area contributed by atoms with E-state index in [4.69, 9.17) is 4.74 Å². The number of methoxy groups -OCH3 is 1. The molecule has 1 saturated carbocycles. The summed E-state index contributed by atoms with van der Waals surface area (Å²) in [6.45, 7) is 2.74. The summed E-state index contributed by atoms with van der Waals surface area (Å²) >= 11 is 0. The third kappa shape index (κ3) is 3.30. The normalized spacial score (nSPS) is 16.6. The molecule has 17 heavy (non-hydrogen) atoms. The summed E-state index contributed by atoms with van der Waals surface area (Å²) in [5.74, 6) is 3.25. The van der Waals surface area contributed by atoms with E-state index in [0.29, 0.717) is 12.5 Å². The van der Waals surface area contributed by atoms with Gasteiger partial charge in [-0.3, -0.25) is 0 Å². The predicted molar refractivity (Wildman–Crippen MR) is 68.5 cm³/mol. The van der Waals surface area contributed by atoms with Gasteiger partial charge in [-0.15, -0.1) is 0 Å². The molecule has 0 saturated heterocycles. The van der Waals surface area contributed by atoms with Gasteiger partial charge < -0.3 is 15.4 Å². The third-order valence-corrected chi connectivity index (χ3v) is 2.75. The van der Waals surface area contributed by atoms with E-state index in [2.05, 4.69) is 27.5 Å². The van der Waals surface area contributed by atoms with Crippen LogP contribution in [0.2, 0.25) is 0 Å². The lowest BCUT2D eigenvalue weighted by molar-refractivity contribution is 0.190. The fourth-order valence-electron chi connectivity index (χ4n) is 1.74. The highest BCUT2D eigenvalue weighted by molar-refractivity contribution is 5.48. The highest BCUT2D eigenvalue weighted by Crippen LogP contribution is 2.38. The van der Waals surface area contributed by atoms with Crippen molar-refractivity contribution in [3.8, 4) is 0 Å². The molecule has 1 aliphatic carbocycles. The van der Waals surface area contributed by atoms with Crippen LogP contribution in [0.5, 0.6) is 0 Å². The van der Waals surface area contributed by atoms with E-state index in [1.54, 1.807) is 7.11 Å². The van der Waals surface area contributed by atoms with Crippen molar-refractivity contribution in [3.05, 3.63) is 11.9 Å². The van der Waals surface area contributed by atoms with Crippen LogP contribution in [0.25, 0.3) is 0 Å². The maximum absolute atomic E-state index is 5.10. The van der Waals surface area contributed by atoms with Crippen molar-refractivity contribution in [2.24, 2.45) is 0 Å². The second kappa shape index (κ2) is 5.31. The van der Waals surface area contributed by atoms with Crippen molar-refractivity contribution in [3.63, 3.8) is 0 Å². The Morgan fingerprint density at radius 2 is 2.12 bits per heavy atom. The van der Waals surface area contributed by atoms with Crippen LogP contribution in [0.3, 0.4) is 0 Å². The van der Waals surface area contributed by atoms with E-state index in [1.165, 1.54) is 12.8 Å². The molecule has 1 heterocycles. The molecule has 94 valence electrons. The number of rotatable bonds is 6. The Morgan fingerprint density at radius 1 is 1.41 bits per heavy atom. The maximum atomic E-state index is 5.10. The van der Waals surface area contributed by atoms with Gasteiger partial charge in [-0.05, 0) is 19.8 Å². The SMILES string of the molecule is CNc1cc(N[C@@H](C)COC)nc(C2CC2)n1. The van der Waals surface area contributed by atoms with Gasteiger partial charge in [-0.2, -0.15) is 0 Å². The molecule has 1 fully saturated rings. The lowest BCUT2D eigenvalue weighted by atomic mass is 10.3. The molecular weight excluding hydrogens is 216 g/mol. The van der Waals surface area contributed by atoms with Crippen LogP contribution in [0.4, 0.5) is 11.6 Å². The van der Waals surface area contributed by atoms with Crippen LogP contribution in [0.1, 0.15) is 31.5 Å². The molecule has 0 aromatic carbocycles. The topological polar surface area (TPSA) is 59.1 Å². The predicted octanol–water partition coefficient (Wildman–Crippen LogP) is 1.84. The van der Waals surface area contributed by atoms with Crippen molar-refractivity contribution < 1.29 is 4.74 Å². The first kappa shape index (κ1) is 12.1. The number of hydrogen-bond donors (Lipinski definition) is 2. The summed E-state index contributed by atoms with van der Waals surface area (Å²) in [5.41, 5.74) is 0. The van der Waals surface area contributed by atoms with Gasteiger partial charge in [0.05, 0.1) is 6.61 Å². The average molecular weight is 236 g/mol. The smallest absolute Gasteiger partial charge is 0.136 e. The van der Waals surface area contributed by atoms with Crippen LogP contribution in [0.15, 0.2) is 6.07 Å². The first-order valence-corrected chi connectivity index (χ1v) is 6.05. The first-order chi connectivity index (χ1) is 8.22. The molecule has 0 bridgehead atoms. The molecule has 0 unspecified atom stereocenters. The zero-order valence-corrected chi connectivity index (χ0v) is 10.7. The molecule has 1 aromatic rings. The van der Waals surface area contributed by atoms with Crippen LogP contribution in [-0.4, -0.2) is 36.8 Å². The van der Waals surface area contributed by atoms with Crippen molar-refractivity contribution in [2.45, 2.75) is 31.7 Å². The molecule has 1 atom stereocenters. The lowest BCUT2D eigenvalue weighted by Crippen LogP contribution is -2.22. The molecule has 5 heteroatoms. The Bertz CT molecular complexity index is 379. The molecule has 5 nitrogen and oxygen atoms in total. The molecule has 0 aliphatic heterocycles. The highest BCUT2D eigenvalue weighted by Gasteiger charge is 2.27. The van der Waals surface area contributed by atoms with E-state index in [-0.39, 0.29) is 6.04 Å². The number of hydrogen-bond acceptors (Lipinski definition) is 5. The molecular formula is C12H20N4O. The van der Waals surface area contributed by atoms with Crippen LogP contribution in [-0.2, 0) is 4.74 Å². The Balaban J connectivity index is 2.11. The number of nitrogens with one attached hydrogen (secondary N) is 2. The van der Waals surface area contributed by atoms with Crippen LogP contribution in [0, 0.1) is 0 Å². The summed E-state index contributed by atoms with van der Waals surface area (Å²) in [6, 6.07) is 2.17. The van der Waals surface area contributed by atoms with Crippen LogP contribution < -0.4 is 10.6 Å². The fraction of sp³-hybridized carbons (Fsp3) is 0.667. The van der Waals surface area contributed by atoms with Crippen LogP contribution >= 0.6 is 0 Å². The lowest BCUT2D eigenvalue weighted by Gasteiger charge is -2.14. The van der Waals surface area contributed by atoms with Gasteiger partial charge >= 0.3 is 0 Å². The number of nitrogens with zero attached hydrogens (tertiary/aromatic N) is 2. The van der Waals surface area contributed by atoms with Gasteiger partial charge in [0, 0.05) is 32.2 Å². The van der Waals surface area contributed by atoms with E-state index in [1.807, 2.05) is 13.1 Å². The van der Waals surface area contributed by atoms with Gasteiger partial charge in [0.2, 0.25) is 0 Å². The van der Waals surface area contributed by atoms with E-state index < -0.39 is 0 Å². The average Bonchev–Trinajstić information content (AvgIpc) is 3.12. The summed E-state index contributed by atoms with van der Waals surface area (Å²) in [5, 5.41) is 6.40. The Morgan fingerprint density at radius 3 is 2.71 bits per heavy atom. The van der Waals surface area contributed by atoms with Gasteiger partial charge in [-0.1, -0.05) is 0 Å². The minimum atomic E-state index is 0.242. The summed E-state index contributed by atoms with van der Waals surface area (Å²) < 4.78 is 5.10. The molecule has 0 radical (unpaired) electrons. The second-order valence-electron chi connectivity index (χ2n) is 4.52. The van der Waals surface area contributed by atoms with Gasteiger partial charge in [-0.25, -0.2) is 9.97 Å². The molecule has 2 N–H and O–H groups in total. The fourth-order valence-corrected chi connectivity index (χ4v) is 1.74. The zero-order chi connectivity index (χ0) is 12.3. The number of ether oxygens (including phenoxy) is 1. The summed E-state index contributed by atoms with van der Waals surface area (Å²) in [4.78, 5) is 9.02. The largest absolute Gasteiger partial charge is 0.383 e. The highest BCUT2D eigenvalue weighted by atomic mass is 16.5. The minimum absolute atomic E-state index is 0.242. The first-order valence-electron chi connectivity index (χ1n) is 6.05. The third-order valence-electron chi connectivity index (χ3n) is 2.75. The Hall–Kier alpha value is -1.36. The number of anilines is 2. The van der Waals surface area contributed by atoms with Crippen molar-refractivity contribution in [1.82, 2.24) is 9.97 Å². The summed E-state index contributed by atoms with van der Waals surface area (Å²) in [7, 11) is 3.58. The van der Waals surface area contributed by atoms with E-state index in [0.717, 1.165) is 17.5 Å². The molecule has 0 amide bonds. The molecule has 0 spiro atoms. The van der Waals surface area contributed by atoms with Crippen molar-refractivity contribution >= 4 is 11.6 Å². The van der Waals surface area contributed by atoms with Crippen molar-refractivity contribution in [2.75, 3.05) is 31.4 Å². The van der Waals surface area contributed by atoms with E-state index in [9.17, 15) is 0 Å². The standard InChI is InChI=1S/C12H20N4O/c1-8(7-17-3)14-11-6-10(13-2)15-12(16-11)9-4-5-9/h6,8-9H,4-5,7H2,1-3H3,(H2,13,14,15,16)/t8-/m0/s1. The van der Waals surface area contributed by atoms with Crippen molar-refractivity contribution in [1.29, 1.82) is 0 Å². The zero-order valence-electron chi connectivity index (χ0n) is 10.7. The molecule has 1 aromatic heterocycles. The second-order valence-corrected chi connectivity index (χ2v) is 4.52. The summed E-state index contributed by atoms with van der Waals surface area (Å²) in [6.07, 6.45) is 2.42. The number of aromatic nitrogens is 2. The Labute approximate surface area is 102 Å². The van der Waals surface area contributed by atoms with Gasteiger partial charge in [0.1, 0.15) is 17.5 Å². The van der Waals surface area contributed by atoms with Gasteiger partial charge in [0.25, 0.3) is 0 Å². The van der Waals surface area contributed by atoms with E-state index >= 15 is 0 Å². The quantitative estimate of drug-likeness (QED) is 0.789. The van der Waals surface area contributed by atoms with Gasteiger partial charge in [0.15, 0.2) is 0 Å². The molecule has 2 rings (SSSR count). The molecule has 1 aliphatic rings.